The van der Waals surface area contributed by atoms with E-state index < -0.39 is 0 Å². The number of hydrogen-bond donors (Lipinski definition) is 1. The Balaban J connectivity index is 1.45. The fourth-order valence-corrected chi connectivity index (χ4v) is 2.88. The molecule has 0 fully saturated rings. The summed E-state index contributed by atoms with van der Waals surface area (Å²) >= 11 is 1.63. The highest BCUT2D eigenvalue weighted by Crippen LogP contribution is 2.16. The molecule has 3 aromatic rings. The van der Waals surface area contributed by atoms with Crippen LogP contribution in [0.2, 0.25) is 0 Å². The number of thiazole rings is 1. The minimum Gasteiger partial charge on any atom is -0.486 e. The molecule has 0 spiro atoms. The fraction of sp³-hybridized carbons (Fsp3) is 0.294. The first-order valence-electron chi connectivity index (χ1n) is 7.50. The van der Waals surface area contributed by atoms with Gasteiger partial charge in [-0.15, -0.1) is 11.3 Å². The molecule has 0 radical (unpaired) electrons. The monoisotopic (exact) mass is 328 g/mol. The summed E-state index contributed by atoms with van der Waals surface area (Å²) in [6.45, 7) is 4.11. The molecule has 0 aliphatic heterocycles. The first-order chi connectivity index (χ1) is 11.2. The van der Waals surface area contributed by atoms with Crippen LogP contribution in [-0.4, -0.2) is 14.8 Å². The summed E-state index contributed by atoms with van der Waals surface area (Å²) in [6.07, 6.45) is 3.88. The summed E-state index contributed by atoms with van der Waals surface area (Å²) in [6, 6.07) is 8.06. The molecular formula is C17H20N4OS. The second-order valence-electron chi connectivity index (χ2n) is 5.46. The van der Waals surface area contributed by atoms with E-state index in [0.717, 1.165) is 29.5 Å². The molecule has 6 heteroatoms. The van der Waals surface area contributed by atoms with Crippen LogP contribution in [-0.2, 0) is 26.7 Å². The maximum absolute atomic E-state index is 5.75. The smallest absolute Gasteiger partial charge is 0.140 e. The molecule has 0 saturated heterocycles. The molecule has 0 amide bonds. The van der Waals surface area contributed by atoms with Gasteiger partial charge < -0.3 is 10.1 Å². The molecule has 5 nitrogen and oxygen atoms in total. The number of hydrogen-bond acceptors (Lipinski definition) is 5. The highest BCUT2D eigenvalue weighted by molar-refractivity contribution is 7.09. The molecule has 1 N–H and O–H groups in total. The van der Waals surface area contributed by atoms with E-state index >= 15 is 0 Å². The number of ether oxygens (including phenoxy) is 1. The van der Waals surface area contributed by atoms with E-state index in [1.165, 1.54) is 11.1 Å². The second-order valence-corrected chi connectivity index (χ2v) is 6.40. The molecule has 0 aliphatic carbocycles. The third-order valence-electron chi connectivity index (χ3n) is 3.38. The lowest BCUT2D eigenvalue weighted by atomic mass is 10.2. The zero-order valence-electron chi connectivity index (χ0n) is 13.3. The first kappa shape index (κ1) is 15.7. The molecule has 0 saturated carbocycles. The van der Waals surface area contributed by atoms with E-state index in [-0.39, 0.29) is 0 Å². The average molecular weight is 328 g/mol. The Bertz CT molecular complexity index is 748. The van der Waals surface area contributed by atoms with Gasteiger partial charge in [-0.3, -0.25) is 4.68 Å². The zero-order chi connectivity index (χ0) is 16.1. The molecule has 2 heterocycles. The summed E-state index contributed by atoms with van der Waals surface area (Å²) in [5.41, 5.74) is 3.45. The van der Waals surface area contributed by atoms with Crippen LogP contribution in [0.25, 0.3) is 0 Å². The van der Waals surface area contributed by atoms with Crippen LogP contribution in [0.5, 0.6) is 5.75 Å². The Morgan fingerprint density at radius 3 is 2.78 bits per heavy atom. The summed E-state index contributed by atoms with van der Waals surface area (Å²) in [5, 5.41) is 10.6. The second kappa shape index (κ2) is 7.39. The summed E-state index contributed by atoms with van der Waals surface area (Å²) in [7, 11) is 1.92. The predicted molar refractivity (Wildman–Crippen MR) is 91.4 cm³/mol. The van der Waals surface area contributed by atoms with Gasteiger partial charge in [0.25, 0.3) is 0 Å². The molecule has 2 aromatic heterocycles. The molecule has 23 heavy (non-hydrogen) atoms. The van der Waals surface area contributed by atoms with Crippen molar-refractivity contribution in [3.05, 3.63) is 63.9 Å². The Hall–Kier alpha value is -2.18. The van der Waals surface area contributed by atoms with E-state index in [4.69, 9.17) is 4.74 Å². The Morgan fingerprint density at radius 2 is 2.04 bits per heavy atom. The first-order valence-corrected chi connectivity index (χ1v) is 8.38. The Labute approximate surface area is 140 Å². The van der Waals surface area contributed by atoms with Crippen molar-refractivity contribution in [2.24, 2.45) is 7.05 Å². The van der Waals surface area contributed by atoms with Gasteiger partial charge in [-0.2, -0.15) is 5.10 Å². The van der Waals surface area contributed by atoms with Crippen molar-refractivity contribution in [3.8, 4) is 5.75 Å². The topological polar surface area (TPSA) is 52.0 Å². The number of rotatable bonds is 7. The van der Waals surface area contributed by atoms with Crippen LogP contribution in [0.3, 0.4) is 0 Å². The summed E-state index contributed by atoms with van der Waals surface area (Å²) < 4.78 is 7.56. The molecule has 0 unspecified atom stereocenters. The van der Waals surface area contributed by atoms with Gasteiger partial charge in [0.2, 0.25) is 0 Å². The highest BCUT2D eigenvalue weighted by Gasteiger charge is 2.04. The lowest BCUT2D eigenvalue weighted by Gasteiger charge is -2.04. The largest absolute Gasteiger partial charge is 0.486 e. The SMILES string of the molecule is Cc1ccc(OCc2nc(CNCc3cnn(C)c3)cs2)cc1. The van der Waals surface area contributed by atoms with Crippen molar-refractivity contribution in [1.29, 1.82) is 0 Å². The predicted octanol–water partition coefficient (Wildman–Crippen LogP) is 3.05. The minimum absolute atomic E-state index is 0.510. The molecule has 0 bridgehead atoms. The van der Waals surface area contributed by atoms with Gasteiger partial charge in [0.15, 0.2) is 0 Å². The van der Waals surface area contributed by atoms with Crippen LogP contribution < -0.4 is 10.1 Å². The lowest BCUT2D eigenvalue weighted by molar-refractivity contribution is 0.305. The zero-order valence-corrected chi connectivity index (χ0v) is 14.1. The van der Waals surface area contributed by atoms with Gasteiger partial charge in [0.05, 0.1) is 11.9 Å². The molecule has 3 rings (SSSR count). The van der Waals surface area contributed by atoms with Gasteiger partial charge in [-0.25, -0.2) is 4.98 Å². The van der Waals surface area contributed by atoms with Crippen LogP contribution in [0, 0.1) is 6.92 Å². The van der Waals surface area contributed by atoms with Gasteiger partial charge in [0.1, 0.15) is 17.4 Å². The minimum atomic E-state index is 0.510. The van der Waals surface area contributed by atoms with E-state index in [0.29, 0.717) is 6.61 Å². The van der Waals surface area contributed by atoms with Crippen molar-refractivity contribution in [1.82, 2.24) is 20.1 Å². The maximum Gasteiger partial charge on any atom is 0.140 e. The van der Waals surface area contributed by atoms with E-state index in [1.807, 2.05) is 43.7 Å². The molecule has 0 atom stereocenters. The fourth-order valence-electron chi connectivity index (χ4n) is 2.17. The quantitative estimate of drug-likeness (QED) is 0.724. The van der Waals surface area contributed by atoms with Crippen molar-refractivity contribution in [3.63, 3.8) is 0 Å². The van der Waals surface area contributed by atoms with Gasteiger partial charge >= 0.3 is 0 Å². The van der Waals surface area contributed by atoms with Crippen LogP contribution in [0.4, 0.5) is 0 Å². The summed E-state index contributed by atoms with van der Waals surface area (Å²) in [5.74, 6) is 0.877. The normalized spacial score (nSPS) is 10.9. The van der Waals surface area contributed by atoms with Crippen molar-refractivity contribution < 1.29 is 4.74 Å². The van der Waals surface area contributed by atoms with E-state index in [2.05, 4.69) is 27.7 Å². The third-order valence-corrected chi connectivity index (χ3v) is 4.25. The number of aryl methyl sites for hydroxylation is 2. The van der Waals surface area contributed by atoms with Crippen molar-refractivity contribution in [2.75, 3.05) is 0 Å². The number of aromatic nitrogens is 3. The van der Waals surface area contributed by atoms with E-state index in [9.17, 15) is 0 Å². The maximum atomic E-state index is 5.75. The average Bonchev–Trinajstić information content (AvgIpc) is 3.16. The molecule has 0 aliphatic rings. The summed E-state index contributed by atoms with van der Waals surface area (Å²) in [4.78, 5) is 4.59. The molecular weight excluding hydrogens is 308 g/mol. The number of nitrogens with one attached hydrogen (secondary N) is 1. The van der Waals surface area contributed by atoms with Crippen LogP contribution >= 0.6 is 11.3 Å². The lowest BCUT2D eigenvalue weighted by Crippen LogP contribution is -2.12. The number of nitrogens with zero attached hydrogens (tertiary/aromatic N) is 3. The Kier molecular flexibility index (Phi) is 5.05. The molecule has 120 valence electrons. The van der Waals surface area contributed by atoms with Gasteiger partial charge in [-0.1, -0.05) is 17.7 Å². The van der Waals surface area contributed by atoms with Crippen LogP contribution in [0.1, 0.15) is 21.8 Å². The molecule has 1 aromatic carbocycles. The highest BCUT2D eigenvalue weighted by atomic mass is 32.1. The van der Waals surface area contributed by atoms with Crippen molar-refractivity contribution >= 4 is 11.3 Å². The standard InChI is InChI=1S/C17H20N4OS/c1-13-3-5-16(6-4-13)22-11-17-20-15(12-23-17)9-18-7-14-8-19-21(2)10-14/h3-6,8,10,12,18H,7,9,11H2,1-2H3. The Morgan fingerprint density at radius 1 is 1.22 bits per heavy atom. The van der Waals surface area contributed by atoms with Gasteiger partial charge in [-0.05, 0) is 19.1 Å². The number of benzene rings is 1. The van der Waals surface area contributed by atoms with Crippen LogP contribution in [0.15, 0.2) is 42.0 Å². The van der Waals surface area contributed by atoms with E-state index in [1.54, 1.807) is 16.0 Å². The van der Waals surface area contributed by atoms with Gasteiger partial charge in [0, 0.05) is 37.3 Å². The third kappa shape index (κ3) is 4.64. The van der Waals surface area contributed by atoms with Crippen molar-refractivity contribution in [2.45, 2.75) is 26.6 Å².